The summed E-state index contributed by atoms with van der Waals surface area (Å²) in [6.07, 6.45) is 0.0524. The number of nitrogens with two attached hydrogens (primary N) is 1. The predicted molar refractivity (Wildman–Crippen MR) is 209 cm³/mol. The monoisotopic (exact) mass is 762 g/mol. The fraction of sp³-hybridized carbons (Fsp3) is 0.143. The van der Waals surface area contributed by atoms with Crippen LogP contribution in [0.2, 0.25) is 0 Å². The van der Waals surface area contributed by atoms with Crippen LogP contribution in [-0.4, -0.2) is 62.1 Å². The molecule has 284 valence electrons. The first-order valence-electron chi connectivity index (χ1n) is 17.5. The molecule has 0 bridgehead atoms. The number of aromatic hydroxyl groups is 2. The van der Waals surface area contributed by atoms with E-state index in [2.05, 4.69) is 26.0 Å². The molecule has 0 atom stereocenters. The molecule has 0 radical (unpaired) electrons. The number of primary amides is 1. The van der Waals surface area contributed by atoms with E-state index < -0.39 is 5.91 Å². The minimum atomic E-state index is -0.748. The molecule has 0 fully saturated rings. The molecule has 4 N–H and O–H groups in total. The summed E-state index contributed by atoms with van der Waals surface area (Å²) in [6.45, 7) is 3.80. The number of rotatable bonds is 7. The SMILES string of the molecule is COc1ccc(-c2nc(C#N)c3c(n2)N(c2ccccc2C)C(=O)C3)cc1O.COc1ccc(-c2nc(C(N)=O)c3c(n2)N(c2ccccc2C)C(=O)C3)cc1O. The Kier molecular flexibility index (Phi) is 9.93. The molecule has 8 rings (SSSR count). The van der Waals surface area contributed by atoms with Gasteiger partial charge in [-0.15, -0.1) is 0 Å². The summed E-state index contributed by atoms with van der Waals surface area (Å²) in [7, 11) is 2.90. The minimum Gasteiger partial charge on any atom is -0.504 e. The van der Waals surface area contributed by atoms with Crippen molar-refractivity contribution >= 4 is 40.7 Å². The van der Waals surface area contributed by atoms with Crippen molar-refractivity contribution < 1.29 is 34.1 Å². The van der Waals surface area contributed by atoms with E-state index in [-0.39, 0.29) is 59.2 Å². The molecular formula is C42H34N8O7. The van der Waals surface area contributed by atoms with Gasteiger partial charge in [0.05, 0.1) is 38.4 Å². The zero-order valence-corrected chi connectivity index (χ0v) is 31.1. The van der Waals surface area contributed by atoms with Gasteiger partial charge in [0.2, 0.25) is 11.8 Å². The van der Waals surface area contributed by atoms with Gasteiger partial charge in [-0.05, 0) is 73.5 Å². The molecule has 2 aliphatic heterocycles. The maximum Gasteiger partial charge on any atom is 0.267 e. The van der Waals surface area contributed by atoms with Crippen molar-refractivity contribution in [3.63, 3.8) is 0 Å². The van der Waals surface area contributed by atoms with Crippen LogP contribution < -0.4 is 25.0 Å². The molecule has 0 saturated heterocycles. The van der Waals surface area contributed by atoms with Crippen molar-refractivity contribution in [2.75, 3.05) is 24.0 Å². The van der Waals surface area contributed by atoms with Crippen LogP contribution in [0.1, 0.15) is 38.4 Å². The number of amides is 3. The molecular weight excluding hydrogens is 729 g/mol. The second-order valence-corrected chi connectivity index (χ2v) is 13.0. The normalized spacial score (nSPS) is 12.7. The number of aromatic nitrogens is 4. The topological polar surface area (TPSA) is 218 Å². The highest BCUT2D eigenvalue weighted by atomic mass is 16.5. The van der Waals surface area contributed by atoms with Gasteiger partial charge >= 0.3 is 0 Å². The summed E-state index contributed by atoms with van der Waals surface area (Å²) in [5.41, 5.74) is 10.8. The number of hydrogen-bond donors (Lipinski definition) is 3. The lowest BCUT2D eigenvalue weighted by molar-refractivity contribution is -0.117. The van der Waals surface area contributed by atoms with Crippen LogP contribution in [0.5, 0.6) is 23.0 Å². The van der Waals surface area contributed by atoms with E-state index in [0.29, 0.717) is 51.1 Å². The van der Waals surface area contributed by atoms with Crippen molar-refractivity contribution in [1.82, 2.24) is 19.9 Å². The van der Waals surface area contributed by atoms with Gasteiger partial charge in [0, 0.05) is 22.3 Å². The Labute approximate surface area is 326 Å². The van der Waals surface area contributed by atoms with Gasteiger partial charge in [0.1, 0.15) is 29.1 Å². The molecule has 0 unspecified atom stereocenters. The third-order valence-electron chi connectivity index (χ3n) is 9.48. The number of phenolic OH excluding ortho intramolecular Hbond substituents is 2. The van der Waals surface area contributed by atoms with E-state index >= 15 is 0 Å². The maximum atomic E-state index is 12.8. The molecule has 6 aromatic rings. The van der Waals surface area contributed by atoms with E-state index in [9.17, 15) is 29.9 Å². The Hall–Kier alpha value is -7.86. The fourth-order valence-corrected chi connectivity index (χ4v) is 6.67. The lowest BCUT2D eigenvalue weighted by Gasteiger charge is -2.19. The number of methoxy groups -OCH3 is 2. The number of anilines is 4. The highest BCUT2D eigenvalue weighted by Crippen LogP contribution is 2.40. The summed E-state index contributed by atoms with van der Waals surface area (Å²) in [5.74, 6) is 0.465. The van der Waals surface area contributed by atoms with Crippen molar-refractivity contribution in [2.24, 2.45) is 5.73 Å². The smallest absolute Gasteiger partial charge is 0.267 e. The van der Waals surface area contributed by atoms with Gasteiger partial charge in [-0.2, -0.15) is 5.26 Å². The number of nitriles is 1. The average molecular weight is 763 g/mol. The Bertz CT molecular complexity index is 2680. The maximum absolute atomic E-state index is 12.8. The van der Waals surface area contributed by atoms with E-state index in [1.54, 1.807) is 24.3 Å². The first kappa shape index (κ1) is 37.5. The Morgan fingerprint density at radius 1 is 0.702 bits per heavy atom. The van der Waals surface area contributed by atoms with Crippen LogP contribution in [0.25, 0.3) is 22.8 Å². The molecule has 4 heterocycles. The van der Waals surface area contributed by atoms with Crippen LogP contribution in [0, 0.1) is 25.2 Å². The molecule has 0 aliphatic carbocycles. The number of ether oxygens (including phenoxy) is 2. The number of phenols is 2. The number of para-hydroxylation sites is 2. The van der Waals surface area contributed by atoms with Crippen LogP contribution in [0.15, 0.2) is 84.9 Å². The lowest BCUT2D eigenvalue weighted by atomic mass is 10.1. The molecule has 57 heavy (non-hydrogen) atoms. The minimum absolute atomic E-state index is 0.00950. The number of hydrogen-bond acceptors (Lipinski definition) is 12. The summed E-state index contributed by atoms with van der Waals surface area (Å²) in [5, 5.41) is 29.7. The summed E-state index contributed by atoms with van der Waals surface area (Å²) < 4.78 is 10.1. The molecule has 0 spiro atoms. The second kappa shape index (κ2) is 15.1. The average Bonchev–Trinajstić information content (AvgIpc) is 3.72. The summed E-state index contributed by atoms with van der Waals surface area (Å²) in [4.78, 5) is 58.3. The number of fused-ring (bicyclic) bond motifs is 2. The first-order valence-corrected chi connectivity index (χ1v) is 17.5. The number of nitrogens with zero attached hydrogens (tertiary/aromatic N) is 7. The van der Waals surface area contributed by atoms with Crippen LogP contribution in [0.4, 0.5) is 23.0 Å². The standard InChI is InChI=1S/C21H18N4O4.C21H16N4O3/c1-11-5-3-4-6-14(11)25-17(27)10-13-18(19(22)28)23-20(24-21(13)25)12-7-8-16(29-2)15(26)9-12;1-12-5-3-4-6-16(12)25-19(27)10-14-15(11-22)23-20(24-21(14)25)13-7-8-18(28-2)17(26)9-13/h3-9,26H,10H2,1-2H3,(H2,22,28);3-9,26H,10H2,1-2H3. The third kappa shape index (κ3) is 6.87. The van der Waals surface area contributed by atoms with Gasteiger partial charge in [-0.25, -0.2) is 19.9 Å². The lowest BCUT2D eigenvalue weighted by Crippen LogP contribution is -2.22. The molecule has 4 aromatic carbocycles. The number of benzene rings is 4. The molecule has 2 aliphatic rings. The molecule has 2 aromatic heterocycles. The van der Waals surface area contributed by atoms with E-state index in [4.69, 9.17) is 15.2 Å². The number of carbonyl (C=O) groups excluding carboxylic acids is 3. The van der Waals surface area contributed by atoms with Gasteiger partial charge < -0.3 is 25.4 Å². The Morgan fingerprint density at radius 3 is 1.60 bits per heavy atom. The highest BCUT2D eigenvalue weighted by Gasteiger charge is 2.36. The van der Waals surface area contributed by atoms with E-state index in [1.165, 1.54) is 36.2 Å². The van der Waals surface area contributed by atoms with Gasteiger partial charge in [0.25, 0.3) is 5.91 Å². The zero-order valence-electron chi connectivity index (χ0n) is 31.1. The van der Waals surface area contributed by atoms with Gasteiger partial charge in [-0.1, -0.05) is 36.4 Å². The number of carbonyl (C=O) groups is 3. The summed E-state index contributed by atoms with van der Waals surface area (Å²) in [6, 6.07) is 26.4. The number of aryl methyl sites for hydroxylation is 2. The molecule has 15 heteroatoms. The quantitative estimate of drug-likeness (QED) is 0.177. The van der Waals surface area contributed by atoms with Crippen LogP contribution >= 0.6 is 0 Å². The predicted octanol–water partition coefficient (Wildman–Crippen LogP) is 5.74. The fourth-order valence-electron chi connectivity index (χ4n) is 6.67. The highest BCUT2D eigenvalue weighted by molar-refractivity contribution is 6.10. The third-order valence-corrected chi connectivity index (χ3v) is 9.48. The Balaban J connectivity index is 0.000000174. The molecule has 15 nitrogen and oxygen atoms in total. The van der Waals surface area contributed by atoms with Crippen molar-refractivity contribution in [3.05, 3.63) is 119 Å². The van der Waals surface area contributed by atoms with Gasteiger partial charge in [-0.3, -0.25) is 24.2 Å². The summed E-state index contributed by atoms with van der Waals surface area (Å²) >= 11 is 0. The van der Waals surface area contributed by atoms with Crippen molar-refractivity contribution in [3.8, 4) is 51.8 Å². The van der Waals surface area contributed by atoms with Gasteiger partial charge in [0.15, 0.2) is 34.6 Å². The zero-order chi connectivity index (χ0) is 40.5. The van der Waals surface area contributed by atoms with E-state index in [0.717, 1.165) is 16.8 Å². The largest absolute Gasteiger partial charge is 0.504 e. The molecule has 3 amide bonds. The van der Waals surface area contributed by atoms with Crippen LogP contribution in [0.3, 0.4) is 0 Å². The Morgan fingerprint density at radius 2 is 1.16 bits per heavy atom. The van der Waals surface area contributed by atoms with Crippen molar-refractivity contribution in [2.45, 2.75) is 26.7 Å². The molecule has 0 saturated carbocycles. The van der Waals surface area contributed by atoms with Crippen LogP contribution in [-0.2, 0) is 22.4 Å². The van der Waals surface area contributed by atoms with E-state index in [1.807, 2.05) is 62.4 Å². The van der Waals surface area contributed by atoms with Crippen molar-refractivity contribution in [1.29, 1.82) is 5.26 Å². The second-order valence-electron chi connectivity index (χ2n) is 13.0. The first-order chi connectivity index (χ1) is 27.4.